The number of ether oxygens (including phenoxy) is 1. The third-order valence-corrected chi connectivity index (χ3v) is 3.85. The highest BCUT2D eigenvalue weighted by atomic mass is 16.6. The Morgan fingerprint density at radius 3 is 2.55 bits per heavy atom. The molecule has 22 heavy (non-hydrogen) atoms. The summed E-state index contributed by atoms with van der Waals surface area (Å²) in [6.45, 7) is 6.81. The molecule has 1 aliphatic rings. The maximum atomic E-state index is 12.0. The smallest absolute Gasteiger partial charge is 0.408 e. The first-order chi connectivity index (χ1) is 10.3. The van der Waals surface area contributed by atoms with Gasteiger partial charge in [-0.15, -0.1) is 0 Å². The Kier molecular flexibility index (Phi) is 4.96. The highest BCUT2D eigenvalue weighted by molar-refractivity contribution is 5.69. The summed E-state index contributed by atoms with van der Waals surface area (Å²) >= 11 is 0. The fourth-order valence-electron chi connectivity index (χ4n) is 2.57. The van der Waals surface area contributed by atoms with Gasteiger partial charge in [-0.2, -0.15) is 0 Å². The molecule has 0 unspecified atom stereocenters. The molecule has 0 bridgehead atoms. The Hall–Kier alpha value is -1.75. The van der Waals surface area contributed by atoms with Gasteiger partial charge in [-0.05, 0) is 46.1 Å². The van der Waals surface area contributed by atoms with Gasteiger partial charge in [0.1, 0.15) is 11.4 Å². The maximum absolute atomic E-state index is 12.0. The van der Waals surface area contributed by atoms with Gasteiger partial charge >= 0.3 is 6.09 Å². The monoisotopic (exact) mass is 306 g/mol. The summed E-state index contributed by atoms with van der Waals surface area (Å²) in [5.41, 5.74) is 0.139. The topological polar surface area (TPSA) is 70.6 Å². The van der Waals surface area contributed by atoms with Crippen LogP contribution < -0.4 is 10.6 Å². The Balaban J connectivity index is 1.84. The van der Waals surface area contributed by atoms with Crippen molar-refractivity contribution in [2.75, 3.05) is 6.54 Å². The number of nitrogens with one attached hydrogen (secondary N) is 2. The lowest BCUT2D eigenvalue weighted by Crippen LogP contribution is -2.59. The number of alkyl carbamates (subject to hydrolysis) is 1. The van der Waals surface area contributed by atoms with Crippen molar-refractivity contribution in [1.29, 1.82) is 0 Å². The number of rotatable bonds is 5. The summed E-state index contributed by atoms with van der Waals surface area (Å²) in [4.78, 5) is 12.0. The molecule has 0 saturated heterocycles. The van der Waals surface area contributed by atoms with Gasteiger partial charge in [-0.3, -0.25) is 0 Å². The van der Waals surface area contributed by atoms with Crippen LogP contribution in [0.4, 0.5) is 4.79 Å². The Labute approximate surface area is 132 Å². The molecular formula is C17H26N2O3. The van der Waals surface area contributed by atoms with Crippen LogP contribution in [0.25, 0.3) is 0 Å². The zero-order valence-electron chi connectivity index (χ0n) is 13.6. The second-order valence-electron chi connectivity index (χ2n) is 6.99. The zero-order chi connectivity index (χ0) is 16.2. The van der Waals surface area contributed by atoms with Crippen molar-refractivity contribution in [2.24, 2.45) is 0 Å². The number of amides is 1. The largest absolute Gasteiger partial charge is 0.508 e. The Morgan fingerprint density at radius 2 is 2.00 bits per heavy atom. The van der Waals surface area contributed by atoms with Crippen LogP contribution in [0.5, 0.6) is 5.75 Å². The number of benzene rings is 1. The van der Waals surface area contributed by atoms with E-state index >= 15 is 0 Å². The highest BCUT2D eigenvalue weighted by Gasteiger charge is 2.39. The predicted molar refractivity (Wildman–Crippen MR) is 85.8 cm³/mol. The molecule has 1 aromatic carbocycles. The molecule has 2 rings (SSSR count). The average Bonchev–Trinajstić information content (AvgIpc) is 2.35. The van der Waals surface area contributed by atoms with Crippen molar-refractivity contribution in [2.45, 2.75) is 57.7 Å². The lowest BCUT2D eigenvalue weighted by atomic mass is 9.76. The van der Waals surface area contributed by atoms with Gasteiger partial charge in [0.05, 0.1) is 5.54 Å². The normalized spacial score (nSPS) is 16.7. The van der Waals surface area contributed by atoms with E-state index in [0.717, 1.165) is 24.8 Å². The highest BCUT2D eigenvalue weighted by Crippen LogP contribution is 2.31. The summed E-state index contributed by atoms with van der Waals surface area (Å²) in [6.07, 6.45) is 2.63. The number of carbonyl (C=O) groups is 1. The van der Waals surface area contributed by atoms with Gasteiger partial charge < -0.3 is 20.5 Å². The van der Waals surface area contributed by atoms with Crippen LogP contribution in [0, 0.1) is 0 Å². The molecule has 0 aliphatic heterocycles. The third kappa shape index (κ3) is 4.63. The van der Waals surface area contributed by atoms with E-state index in [4.69, 9.17) is 4.74 Å². The molecule has 0 spiro atoms. The number of carbonyl (C=O) groups excluding carboxylic acids is 1. The minimum Gasteiger partial charge on any atom is -0.508 e. The summed E-state index contributed by atoms with van der Waals surface area (Å²) in [7, 11) is 0. The first-order valence-corrected chi connectivity index (χ1v) is 7.78. The van der Waals surface area contributed by atoms with Crippen molar-refractivity contribution >= 4 is 6.09 Å². The lowest BCUT2D eigenvalue weighted by Gasteiger charge is -2.42. The summed E-state index contributed by atoms with van der Waals surface area (Å²) in [5.74, 6) is 0.290. The molecule has 122 valence electrons. The Morgan fingerprint density at radius 1 is 1.32 bits per heavy atom. The van der Waals surface area contributed by atoms with Crippen molar-refractivity contribution in [3.8, 4) is 5.75 Å². The van der Waals surface area contributed by atoms with E-state index in [0.29, 0.717) is 13.1 Å². The first-order valence-electron chi connectivity index (χ1n) is 7.78. The van der Waals surface area contributed by atoms with E-state index < -0.39 is 5.60 Å². The van der Waals surface area contributed by atoms with Gasteiger partial charge in [0.25, 0.3) is 0 Å². The quantitative estimate of drug-likeness (QED) is 0.782. The fourth-order valence-corrected chi connectivity index (χ4v) is 2.57. The van der Waals surface area contributed by atoms with Gasteiger partial charge in [-0.25, -0.2) is 4.79 Å². The van der Waals surface area contributed by atoms with Crippen LogP contribution in [-0.2, 0) is 11.3 Å². The number of phenols is 1. The van der Waals surface area contributed by atoms with E-state index in [2.05, 4.69) is 10.6 Å². The molecule has 0 aromatic heterocycles. The van der Waals surface area contributed by atoms with E-state index in [1.807, 2.05) is 32.9 Å². The number of hydrogen-bond acceptors (Lipinski definition) is 4. The molecule has 1 amide bonds. The average molecular weight is 306 g/mol. The van der Waals surface area contributed by atoms with E-state index in [1.54, 1.807) is 12.1 Å². The first kappa shape index (κ1) is 16.6. The fraction of sp³-hybridized carbons (Fsp3) is 0.588. The Bertz CT molecular complexity index is 519. The van der Waals surface area contributed by atoms with Gasteiger partial charge in [0, 0.05) is 18.7 Å². The molecular weight excluding hydrogens is 280 g/mol. The molecule has 0 atom stereocenters. The van der Waals surface area contributed by atoms with E-state index in [1.165, 1.54) is 0 Å². The third-order valence-electron chi connectivity index (χ3n) is 3.85. The maximum Gasteiger partial charge on any atom is 0.408 e. The molecule has 5 heteroatoms. The predicted octanol–water partition coefficient (Wildman–Crippen LogP) is 2.93. The SMILES string of the molecule is CC(C)(C)OC(=O)NC1(CNCc2ccccc2O)CCC1. The molecule has 5 nitrogen and oxygen atoms in total. The van der Waals surface area contributed by atoms with Gasteiger partial charge in [-0.1, -0.05) is 18.2 Å². The minimum absolute atomic E-state index is 0.229. The number of para-hydroxylation sites is 1. The lowest BCUT2D eigenvalue weighted by molar-refractivity contribution is 0.0382. The minimum atomic E-state index is -0.488. The van der Waals surface area contributed by atoms with Crippen LogP contribution in [0.2, 0.25) is 0 Å². The summed E-state index contributed by atoms with van der Waals surface area (Å²) < 4.78 is 5.34. The van der Waals surface area contributed by atoms with E-state index in [9.17, 15) is 9.90 Å². The molecule has 3 N–H and O–H groups in total. The molecule has 1 fully saturated rings. The van der Waals surface area contributed by atoms with Gasteiger partial charge in [0.15, 0.2) is 0 Å². The molecule has 0 heterocycles. The molecule has 1 aromatic rings. The van der Waals surface area contributed by atoms with Crippen molar-refractivity contribution in [3.05, 3.63) is 29.8 Å². The van der Waals surface area contributed by atoms with Crippen LogP contribution in [0.1, 0.15) is 45.6 Å². The standard InChI is InChI=1S/C17H26N2O3/c1-16(2,3)22-15(21)19-17(9-6-10-17)12-18-11-13-7-4-5-8-14(13)20/h4-5,7-8,18,20H,6,9-12H2,1-3H3,(H,19,21). The van der Waals surface area contributed by atoms with Crippen LogP contribution >= 0.6 is 0 Å². The molecule has 1 saturated carbocycles. The van der Waals surface area contributed by atoms with Crippen molar-refractivity contribution < 1.29 is 14.6 Å². The van der Waals surface area contributed by atoms with Crippen molar-refractivity contribution in [1.82, 2.24) is 10.6 Å². The number of aromatic hydroxyl groups is 1. The van der Waals surface area contributed by atoms with Crippen LogP contribution in [-0.4, -0.2) is 28.9 Å². The second kappa shape index (κ2) is 6.57. The van der Waals surface area contributed by atoms with Crippen LogP contribution in [0.3, 0.4) is 0 Å². The molecule has 1 aliphatic carbocycles. The summed E-state index contributed by atoms with van der Waals surface area (Å²) in [5, 5.41) is 16.1. The van der Waals surface area contributed by atoms with Crippen molar-refractivity contribution in [3.63, 3.8) is 0 Å². The molecule has 0 radical (unpaired) electrons. The zero-order valence-corrected chi connectivity index (χ0v) is 13.6. The van der Waals surface area contributed by atoms with Gasteiger partial charge in [0.2, 0.25) is 0 Å². The summed E-state index contributed by atoms with van der Waals surface area (Å²) in [6, 6.07) is 7.26. The second-order valence-corrected chi connectivity index (χ2v) is 6.99. The number of phenolic OH excluding ortho intramolecular Hbond substituents is 1. The van der Waals surface area contributed by atoms with E-state index in [-0.39, 0.29) is 17.4 Å². The number of hydrogen-bond donors (Lipinski definition) is 3. The van der Waals surface area contributed by atoms with Crippen LogP contribution in [0.15, 0.2) is 24.3 Å².